The third-order valence-corrected chi connectivity index (χ3v) is 2.80. The lowest BCUT2D eigenvalue weighted by Gasteiger charge is -2.06. The lowest BCUT2D eigenvalue weighted by Crippen LogP contribution is -2.03. The van der Waals surface area contributed by atoms with Crippen molar-refractivity contribution in [2.24, 2.45) is 0 Å². The normalized spacial score (nSPS) is 10.4. The van der Waals surface area contributed by atoms with Gasteiger partial charge in [-0.15, -0.1) is 0 Å². The van der Waals surface area contributed by atoms with Gasteiger partial charge < -0.3 is 10.3 Å². The predicted molar refractivity (Wildman–Crippen MR) is 64.8 cm³/mol. The van der Waals surface area contributed by atoms with Crippen molar-refractivity contribution in [2.45, 2.75) is 13.5 Å². The molecule has 3 nitrogen and oxygen atoms in total. The topological polar surface area (TPSA) is 40.7 Å². The Morgan fingerprint density at radius 1 is 1.50 bits per heavy atom. The van der Waals surface area contributed by atoms with E-state index in [-0.39, 0.29) is 5.82 Å². The maximum Gasteiger partial charge on any atom is 0.147 e. The summed E-state index contributed by atoms with van der Waals surface area (Å²) >= 11 is 3.21. The molecule has 0 spiro atoms. The van der Waals surface area contributed by atoms with Crippen LogP contribution in [0.25, 0.3) is 0 Å². The van der Waals surface area contributed by atoms with Crippen molar-refractivity contribution >= 4 is 21.6 Å². The molecule has 2 rings (SSSR count). The molecule has 16 heavy (non-hydrogen) atoms. The molecule has 0 aliphatic carbocycles. The highest BCUT2D eigenvalue weighted by Gasteiger charge is 2.04. The van der Waals surface area contributed by atoms with Gasteiger partial charge in [0, 0.05) is 10.2 Å². The van der Waals surface area contributed by atoms with Crippen LogP contribution in [0, 0.1) is 12.7 Å². The summed E-state index contributed by atoms with van der Waals surface area (Å²) in [6.07, 6.45) is 1.63. The molecular weight excluding hydrogens is 273 g/mol. The number of H-pyrrole nitrogens is 1. The first-order valence-corrected chi connectivity index (χ1v) is 5.64. The Bertz CT molecular complexity index is 496. The molecule has 0 saturated heterocycles. The second-order valence-corrected chi connectivity index (χ2v) is 4.37. The van der Waals surface area contributed by atoms with Crippen LogP contribution in [-0.4, -0.2) is 9.97 Å². The van der Waals surface area contributed by atoms with Crippen LogP contribution < -0.4 is 5.32 Å². The van der Waals surface area contributed by atoms with Crippen LogP contribution in [-0.2, 0) is 6.54 Å². The summed E-state index contributed by atoms with van der Waals surface area (Å²) in [6, 6.07) is 4.92. The number of nitrogens with one attached hydrogen (secondary N) is 2. The highest BCUT2D eigenvalue weighted by Crippen LogP contribution is 2.19. The Kier molecular flexibility index (Phi) is 3.24. The zero-order chi connectivity index (χ0) is 11.5. The Hall–Kier alpha value is -1.36. The molecule has 0 fully saturated rings. The molecule has 0 aliphatic heterocycles. The third-order valence-electron chi connectivity index (χ3n) is 2.31. The average Bonchev–Trinajstić information content (AvgIpc) is 2.63. The number of imidazole rings is 1. The van der Waals surface area contributed by atoms with E-state index in [0.717, 1.165) is 15.9 Å². The first-order chi connectivity index (χ1) is 7.66. The van der Waals surface area contributed by atoms with Crippen LogP contribution in [0.15, 0.2) is 29.0 Å². The Morgan fingerprint density at radius 3 is 2.94 bits per heavy atom. The molecule has 0 aliphatic rings. The summed E-state index contributed by atoms with van der Waals surface area (Å²) in [5.74, 6) is -0.275. The van der Waals surface area contributed by atoms with Gasteiger partial charge >= 0.3 is 0 Å². The van der Waals surface area contributed by atoms with Crippen molar-refractivity contribution in [1.29, 1.82) is 0 Å². The Morgan fingerprint density at radius 2 is 2.31 bits per heavy atom. The van der Waals surface area contributed by atoms with E-state index in [2.05, 4.69) is 31.2 Å². The fourth-order valence-electron chi connectivity index (χ4n) is 1.38. The number of halogens is 2. The number of hydrogen-bond acceptors (Lipinski definition) is 2. The SMILES string of the molecule is Cc1[nH]cnc1CNc1ccc(Br)cc1F. The zero-order valence-corrected chi connectivity index (χ0v) is 10.3. The number of hydrogen-bond donors (Lipinski definition) is 2. The second-order valence-electron chi connectivity index (χ2n) is 3.45. The van der Waals surface area contributed by atoms with Gasteiger partial charge in [-0.25, -0.2) is 9.37 Å². The summed E-state index contributed by atoms with van der Waals surface area (Å²) in [5.41, 5.74) is 2.36. The van der Waals surface area contributed by atoms with Crippen molar-refractivity contribution in [3.05, 3.63) is 46.2 Å². The van der Waals surface area contributed by atoms with Gasteiger partial charge in [-0.1, -0.05) is 15.9 Å². The smallest absolute Gasteiger partial charge is 0.147 e. The number of benzene rings is 1. The molecule has 1 aromatic carbocycles. The van der Waals surface area contributed by atoms with Crippen molar-refractivity contribution in [2.75, 3.05) is 5.32 Å². The van der Waals surface area contributed by atoms with Gasteiger partial charge in [0.2, 0.25) is 0 Å². The quantitative estimate of drug-likeness (QED) is 0.908. The van der Waals surface area contributed by atoms with E-state index in [1.807, 2.05) is 6.92 Å². The highest BCUT2D eigenvalue weighted by molar-refractivity contribution is 9.10. The van der Waals surface area contributed by atoms with Crippen LogP contribution >= 0.6 is 15.9 Å². The van der Waals surface area contributed by atoms with E-state index in [4.69, 9.17) is 0 Å². The molecule has 0 atom stereocenters. The van der Waals surface area contributed by atoms with Gasteiger partial charge in [0.25, 0.3) is 0 Å². The lowest BCUT2D eigenvalue weighted by molar-refractivity contribution is 0.629. The first kappa shape index (κ1) is 11.1. The van der Waals surface area contributed by atoms with E-state index in [9.17, 15) is 4.39 Å². The zero-order valence-electron chi connectivity index (χ0n) is 8.72. The molecule has 0 bridgehead atoms. The molecule has 2 N–H and O–H groups in total. The van der Waals surface area contributed by atoms with Crippen molar-refractivity contribution in [1.82, 2.24) is 9.97 Å². The molecule has 84 valence electrons. The highest BCUT2D eigenvalue weighted by atomic mass is 79.9. The molecule has 0 amide bonds. The number of aryl methyl sites for hydroxylation is 1. The average molecular weight is 284 g/mol. The largest absolute Gasteiger partial charge is 0.377 e. The summed E-state index contributed by atoms with van der Waals surface area (Å²) in [5, 5.41) is 3.01. The van der Waals surface area contributed by atoms with E-state index >= 15 is 0 Å². The fourth-order valence-corrected chi connectivity index (χ4v) is 1.71. The Balaban J connectivity index is 2.08. The van der Waals surface area contributed by atoms with Crippen LogP contribution in [0.5, 0.6) is 0 Å². The maximum atomic E-state index is 13.5. The van der Waals surface area contributed by atoms with E-state index in [1.165, 1.54) is 6.07 Å². The van der Waals surface area contributed by atoms with Crippen LogP contribution in [0.4, 0.5) is 10.1 Å². The predicted octanol–water partition coefficient (Wildman–Crippen LogP) is 3.23. The van der Waals surface area contributed by atoms with Crippen molar-refractivity contribution < 1.29 is 4.39 Å². The van der Waals surface area contributed by atoms with E-state index < -0.39 is 0 Å². The van der Waals surface area contributed by atoms with Gasteiger partial charge in [-0.3, -0.25) is 0 Å². The van der Waals surface area contributed by atoms with Crippen LogP contribution in [0.2, 0.25) is 0 Å². The summed E-state index contributed by atoms with van der Waals surface area (Å²) in [6.45, 7) is 2.44. The minimum Gasteiger partial charge on any atom is -0.377 e. The Labute approximate surface area is 101 Å². The molecule has 0 unspecified atom stereocenters. The number of aromatic amines is 1. The van der Waals surface area contributed by atoms with E-state index in [1.54, 1.807) is 18.5 Å². The number of nitrogens with zero attached hydrogens (tertiary/aromatic N) is 1. The fraction of sp³-hybridized carbons (Fsp3) is 0.182. The first-order valence-electron chi connectivity index (χ1n) is 4.84. The molecular formula is C11H11BrFN3. The molecule has 1 heterocycles. The second kappa shape index (κ2) is 4.65. The summed E-state index contributed by atoms with van der Waals surface area (Å²) in [7, 11) is 0. The van der Waals surface area contributed by atoms with Gasteiger partial charge in [-0.2, -0.15) is 0 Å². The van der Waals surface area contributed by atoms with Gasteiger partial charge in [0.1, 0.15) is 5.82 Å². The number of aromatic nitrogens is 2. The standard InChI is InChI=1S/C11H11BrFN3/c1-7-11(16-6-15-7)5-14-10-3-2-8(12)4-9(10)13/h2-4,6,14H,5H2,1H3,(H,15,16). The van der Waals surface area contributed by atoms with Crippen molar-refractivity contribution in [3.63, 3.8) is 0 Å². The van der Waals surface area contributed by atoms with E-state index in [0.29, 0.717) is 12.2 Å². The van der Waals surface area contributed by atoms with Crippen molar-refractivity contribution in [3.8, 4) is 0 Å². The number of anilines is 1. The van der Waals surface area contributed by atoms with Gasteiger partial charge in [0.15, 0.2) is 0 Å². The molecule has 0 radical (unpaired) electrons. The van der Waals surface area contributed by atoms with Crippen LogP contribution in [0.1, 0.15) is 11.4 Å². The monoisotopic (exact) mass is 283 g/mol. The van der Waals surface area contributed by atoms with Crippen LogP contribution in [0.3, 0.4) is 0 Å². The number of rotatable bonds is 3. The lowest BCUT2D eigenvalue weighted by atomic mass is 10.3. The molecule has 0 saturated carbocycles. The van der Waals surface area contributed by atoms with Gasteiger partial charge in [0.05, 0.1) is 24.3 Å². The summed E-state index contributed by atoms with van der Waals surface area (Å²) in [4.78, 5) is 7.10. The maximum absolute atomic E-state index is 13.5. The molecule has 5 heteroatoms. The third kappa shape index (κ3) is 2.41. The minimum absolute atomic E-state index is 0.275. The minimum atomic E-state index is -0.275. The molecule has 1 aromatic heterocycles. The summed E-state index contributed by atoms with van der Waals surface area (Å²) < 4.78 is 14.2. The molecule has 2 aromatic rings. The van der Waals surface area contributed by atoms with Gasteiger partial charge in [-0.05, 0) is 25.1 Å².